The van der Waals surface area contributed by atoms with E-state index in [-0.39, 0.29) is 23.7 Å². The van der Waals surface area contributed by atoms with Crippen LogP contribution in [-0.2, 0) is 15.9 Å². The predicted octanol–water partition coefficient (Wildman–Crippen LogP) is 3.30. The molecule has 5 rings (SSSR count). The standard InChI is InChI=1S/C23H18N2O5/c1-13-15-8-5-9-24-20(15)21(26)19-18(13)22(27)25(23(19)28)16(17-11-29-12-30-17)10-14-6-3-2-4-7-14/h2-9,11,16,26H,10,12H2,1H3. The SMILES string of the molecule is Cc1c2c(c(O)c3ncccc13)C(=O)N(C(Cc1ccccc1)C1=COCO1)C2=O. The van der Waals surface area contributed by atoms with Crippen molar-refractivity contribution in [3.05, 3.63) is 82.9 Å². The van der Waals surface area contributed by atoms with Gasteiger partial charge in [0.05, 0.1) is 11.1 Å². The summed E-state index contributed by atoms with van der Waals surface area (Å²) in [5.41, 5.74) is 2.04. The van der Waals surface area contributed by atoms with E-state index in [0.29, 0.717) is 28.6 Å². The van der Waals surface area contributed by atoms with E-state index in [4.69, 9.17) is 9.47 Å². The highest BCUT2D eigenvalue weighted by Crippen LogP contribution is 2.40. The number of benzene rings is 2. The second-order valence-electron chi connectivity index (χ2n) is 7.26. The molecule has 2 aliphatic heterocycles. The fraction of sp³-hybridized carbons (Fsp3) is 0.174. The molecule has 0 saturated carbocycles. The second-order valence-corrected chi connectivity index (χ2v) is 7.26. The third-order valence-corrected chi connectivity index (χ3v) is 5.57. The molecular weight excluding hydrogens is 384 g/mol. The van der Waals surface area contributed by atoms with E-state index in [1.165, 1.54) is 6.26 Å². The van der Waals surface area contributed by atoms with Crippen LogP contribution in [0.5, 0.6) is 5.75 Å². The van der Waals surface area contributed by atoms with Gasteiger partial charge in [0.25, 0.3) is 11.8 Å². The molecule has 0 radical (unpaired) electrons. The Kier molecular flexibility index (Phi) is 4.17. The largest absolute Gasteiger partial charge is 0.505 e. The lowest BCUT2D eigenvalue weighted by atomic mass is 9.97. The zero-order valence-corrected chi connectivity index (χ0v) is 16.2. The molecule has 0 aliphatic carbocycles. The highest BCUT2D eigenvalue weighted by atomic mass is 16.7. The van der Waals surface area contributed by atoms with Crippen LogP contribution in [0.3, 0.4) is 0 Å². The summed E-state index contributed by atoms with van der Waals surface area (Å²) < 4.78 is 10.8. The fourth-order valence-electron chi connectivity index (χ4n) is 4.13. The number of aryl methyl sites for hydroxylation is 1. The number of ether oxygens (including phenoxy) is 2. The van der Waals surface area contributed by atoms with E-state index in [1.807, 2.05) is 30.3 Å². The Labute approximate surface area is 172 Å². The lowest BCUT2D eigenvalue weighted by Crippen LogP contribution is -2.42. The zero-order chi connectivity index (χ0) is 20.8. The predicted molar refractivity (Wildman–Crippen MR) is 108 cm³/mol. The van der Waals surface area contributed by atoms with Gasteiger partial charge in [-0.3, -0.25) is 19.5 Å². The summed E-state index contributed by atoms with van der Waals surface area (Å²) in [4.78, 5) is 32.2. The molecule has 3 aromatic rings. The maximum Gasteiger partial charge on any atom is 0.266 e. The topological polar surface area (TPSA) is 89.0 Å². The molecule has 7 heteroatoms. The lowest BCUT2D eigenvalue weighted by molar-refractivity contribution is 0.0451. The molecular formula is C23H18N2O5. The summed E-state index contributed by atoms with van der Waals surface area (Å²) in [7, 11) is 0. The average Bonchev–Trinajstić information content (AvgIpc) is 3.38. The van der Waals surface area contributed by atoms with Crippen molar-refractivity contribution in [2.45, 2.75) is 19.4 Å². The fourth-order valence-corrected chi connectivity index (χ4v) is 4.13. The van der Waals surface area contributed by atoms with Crippen LogP contribution in [0.15, 0.2) is 60.7 Å². The number of hydrogen-bond donors (Lipinski definition) is 1. The van der Waals surface area contributed by atoms with E-state index in [9.17, 15) is 14.7 Å². The average molecular weight is 402 g/mol. The van der Waals surface area contributed by atoms with Gasteiger partial charge in [-0.1, -0.05) is 36.4 Å². The molecule has 0 bridgehead atoms. The summed E-state index contributed by atoms with van der Waals surface area (Å²) in [6.45, 7) is 1.79. The first-order valence-electron chi connectivity index (χ1n) is 9.54. The zero-order valence-electron chi connectivity index (χ0n) is 16.2. The number of carbonyl (C=O) groups is 2. The Morgan fingerprint density at radius 2 is 1.87 bits per heavy atom. The van der Waals surface area contributed by atoms with Crippen molar-refractivity contribution in [1.29, 1.82) is 0 Å². The number of aromatic hydroxyl groups is 1. The number of amides is 2. The van der Waals surface area contributed by atoms with Crippen LogP contribution in [0.25, 0.3) is 10.9 Å². The Morgan fingerprint density at radius 1 is 1.10 bits per heavy atom. The van der Waals surface area contributed by atoms with Crippen LogP contribution in [0.1, 0.15) is 31.8 Å². The van der Waals surface area contributed by atoms with Crippen molar-refractivity contribution in [3.8, 4) is 5.75 Å². The Bertz CT molecular complexity index is 1160. The molecule has 7 nitrogen and oxygen atoms in total. The van der Waals surface area contributed by atoms with Crippen LogP contribution in [0, 0.1) is 6.92 Å². The van der Waals surface area contributed by atoms with Crippen LogP contribution >= 0.6 is 0 Å². The smallest absolute Gasteiger partial charge is 0.266 e. The Morgan fingerprint density at radius 3 is 2.60 bits per heavy atom. The number of rotatable bonds is 4. The van der Waals surface area contributed by atoms with Gasteiger partial charge in [0.2, 0.25) is 6.79 Å². The number of phenolic OH excluding ortho intramolecular Hbond substituents is 1. The van der Waals surface area contributed by atoms with Gasteiger partial charge in [-0.25, -0.2) is 0 Å². The molecule has 0 saturated heterocycles. The van der Waals surface area contributed by atoms with E-state index >= 15 is 0 Å². The molecule has 1 unspecified atom stereocenters. The number of phenols is 1. The number of fused-ring (bicyclic) bond motifs is 2. The molecule has 1 aromatic heterocycles. The number of aromatic nitrogens is 1. The number of pyridine rings is 1. The van der Waals surface area contributed by atoms with Crippen LogP contribution in [-0.4, -0.2) is 39.6 Å². The molecule has 1 atom stereocenters. The van der Waals surface area contributed by atoms with Crippen molar-refractivity contribution in [3.63, 3.8) is 0 Å². The minimum atomic E-state index is -0.697. The van der Waals surface area contributed by atoms with E-state index in [2.05, 4.69) is 4.98 Å². The van der Waals surface area contributed by atoms with Gasteiger partial charge in [0.15, 0.2) is 11.5 Å². The van der Waals surface area contributed by atoms with E-state index in [0.717, 1.165) is 10.5 Å². The molecule has 2 aromatic carbocycles. The second kappa shape index (κ2) is 6.88. The summed E-state index contributed by atoms with van der Waals surface area (Å²) in [6, 6.07) is 12.3. The molecule has 2 amide bonds. The lowest BCUT2D eigenvalue weighted by Gasteiger charge is -2.26. The highest BCUT2D eigenvalue weighted by molar-refractivity contribution is 6.26. The molecule has 150 valence electrons. The van der Waals surface area contributed by atoms with E-state index < -0.39 is 17.9 Å². The maximum absolute atomic E-state index is 13.5. The normalized spacial score (nSPS) is 16.3. The minimum absolute atomic E-state index is 0.0127. The van der Waals surface area contributed by atoms with Crippen LogP contribution < -0.4 is 0 Å². The summed E-state index contributed by atoms with van der Waals surface area (Å²) in [5.74, 6) is -0.914. The number of nitrogens with zero attached hydrogens (tertiary/aromatic N) is 2. The Hall–Kier alpha value is -3.87. The molecule has 0 fully saturated rings. The summed E-state index contributed by atoms with van der Waals surface area (Å²) >= 11 is 0. The van der Waals surface area contributed by atoms with Gasteiger partial charge >= 0.3 is 0 Å². The van der Waals surface area contributed by atoms with Crippen LogP contribution in [0.2, 0.25) is 0 Å². The minimum Gasteiger partial charge on any atom is -0.505 e. The van der Waals surface area contributed by atoms with Gasteiger partial charge in [-0.2, -0.15) is 0 Å². The van der Waals surface area contributed by atoms with Gasteiger partial charge in [0.1, 0.15) is 17.8 Å². The molecule has 1 N–H and O–H groups in total. The molecule has 30 heavy (non-hydrogen) atoms. The highest BCUT2D eigenvalue weighted by Gasteiger charge is 2.46. The third kappa shape index (κ3) is 2.62. The molecule has 3 heterocycles. The number of imide groups is 1. The maximum atomic E-state index is 13.5. The van der Waals surface area contributed by atoms with Crippen molar-refractivity contribution in [2.75, 3.05) is 6.79 Å². The quantitative estimate of drug-likeness (QED) is 0.674. The van der Waals surface area contributed by atoms with Crippen molar-refractivity contribution in [2.24, 2.45) is 0 Å². The number of carbonyl (C=O) groups excluding carboxylic acids is 2. The first-order valence-corrected chi connectivity index (χ1v) is 9.54. The van der Waals surface area contributed by atoms with Crippen molar-refractivity contribution < 1.29 is 24.2 Å². The molecule has 0 spiro atoms. The summed E-state index contributed by atoms with van der Waals surface area (Å²) in [6.07, 6.45) is 3.33. The molecule has 2 aliphatic rings. The first-order chi connectivity index (χ1) is 14.6. The van der Waals surface area contributed by atoms with Crippen molar-refractivity contribution in [1.82, 2.24) is 9.88 Å². The van der Waals surface area contributed by atoms with Gasteiger partial charge < -0.3 is 14.6 Å². The summed E-state index contributed by atoms with van der Waals surface area (Å²) in [5, 5.41) is 11.4. The van der Waals surface area contributed by atoms with Crippen molar-refractivity contribution >= 4 is 22.7 Å². The third-order valence-electron chi connectivity index (χ3n) is 5.57. The van der Waals surface area contributed by atoms with Gasteiger partial charge in [-0.15, -0.1) is 0 Å². The van der Waals surface area contributed by atoms with Gasteiger partial charge in [-0.05, 0) is 24.1 Å². The number of hydrogen-bond acceptors (Lipinski definition) is 6. The Balaban J connectivity index is 1.65. The van der Waals surface area contributed by atoms with Gasteiger partial charge in [0, 0.05) is 18.0 Å². The van der Waals surface area contributed by atoms with E-state index in [1.54, 1.807) is 25.3 Å². The monoisotopic (exact) mass is 402 g/mol. The van der Waals surface area contributed by atoms with Crippen LogP contribution in [0.4, 0.5) is 0 Å². The first kappa shape index (κ1) is 18.2.